The largest absolute Gasteiger partial charge is 0.311 e. The molecule has 1 unspecified atom stereocenters. The molecule has 18 heavy (non-hydrogen) atoms. The molecule has 0 radical (unpaired) electrons. The predicted molar refractivity (Wildman–Crippen MR) is 63.7 cm³/mol. The summed E-state index contributed by atoms with van der Waals surface area (Å²) in [5, 5.41) is 3.26. The number of hydrogen-bond acceptors (Lipinski definition) is 3. The zero-order valence-corrected chi connectivity index (χ0v) is 10.5. The van der Waals surface area contributed by atoms with Crippen molar-refractivity contribution >= 4 is 0 Å². The summed E-state index contributed by atoms with van der Waals surface area (Å²) in [5.41, 5.74) is 3.16. The summed E-state index contributed by atoms with van der Waals surface area (Å²) in [6.45, 7) is 3.63. The number of rotatable bonds is 1. The van der Waals surface area contributed by atoms with E-state index in [1.807, 2.05) is 6.92 Å². The van der Waals surface area contributed by atoms with E-state index in [4.69, 9.17) is 0 Å². The van der Waals surface area contributed by atoms with Crippen molar-refractivity contribution in [1.29, 1.82) is 0 Å². The van der Waals surface area contributed by atoms with Crippen molar-refractivity contribution in [3.05, 3.63) is 22.8 Å². The number of aromatic nitrogens is 2. The lowest BCUT2D eigenvalue weighted by atomic mass is 10.0. The predicted octanol–water partition coefficient (Wildman–Crippen LogP) is 2.33. The van der Waals surface area contributed by atoms with Crippen LogP contribution >= 0.6 is 0 Å². The van der Waals surface area contributed by atoms with Gasteiger partial charge in [0.05, 0.1) is 5.69 Å². The van der Waals surface area contributed by atoms with E-state index in [9.17, 15) is 8.78 Å². The summed E-state index contributed by atoms with van der Waals surface area (Å²) in [7, 11) is 0. The molecule has 2 aliphatic rings. The number of halogens is 2. The Balaban J connectivity index is 1.92. The quantitative estimate of drug-likeness (QED) is 0.834. The van der Waals surface area contributed by atoms with Gasteiger partial charge in [0.1, 0.15) is 5.82 Å². The Kier molecular flexibility index (Phi) is 2.81. The van der Waals surface area contributed by atoms with Gasteiger partial charge in [-0.25, -0.2) is 18.7 Å². The summed E-state index contributed by atoms with van der Waals surface area (Å²) in [6, 6.07) is 0. The van der Waals surface area contributed by atoms with Gasteiger partial charge in [-0.05, 0) is 31.9 Å². The third-order valence-electron chi connectivity index (χ3n) is 3.93. The van der Waals surface area contributed by atoms with E-state index in [2.05, 4.69) is 15.3 Å². The van der Waals surface area contributed by atoms with Gasteiger partial charge < -0.3 is 5.32 Å². The highest BCUT2D eigenvalue weighted by molar-refractivity contribution is 5.28. The highest BCUT2D eigenvalue weighted by atomic mass is 19.3. The van der Waals surface area contributed by atoms with Crippen LogP contribution < -0.4 is 5.32 Å². The summed E-state index contributed by atoms with van der Waals surface area (Å²) in [4.78, 5) is 8.98. The fourth-order valence-corrected chi connectivity index (χ4v) is 2.92. The minimum atomic E-state index is -2.53. The first-order valence-electron chi connectivity index (χ1n) is 6.50. The van der Waals surface area contributed by atoms with Crippen LogP contribution in [0.15, 0.2) is 0 Å². The average molecular weight is 253 g/mol. The number of nitrogens with one attached hydrogen (secondary N) is 1. The van der Waals surface area contributed by atoms with Gasteiger partial charge in [-0.15, -0.1) is 0 Å². The van der Waals surface area contributed by atoms with Gasteiger partial charge in [-0.1, -0.05) is 0 Å². The number of alkyl halides is 2. The first kappa shape index (κ1) is 12.0. The van der Waals surface area contributed by atoms with Crippen molar-refractivity contribution in [2.75, 3.05) is 6.54 Å². The topological polar surface area (TPSA) is 37.8 Å². The molecule has 1 aliphatic heterocycles. The second-order valence-corrected chi connectivity index (χ2v) is 5.31. The monoisotopic (exact) mass is 253 g/mol. The van der Waals surface area contributed by atoms with E-state index >= 15 is 0 Å². The van der Waals surface area contributed by atoms with E-state index in [-0.39, 0.29) is 18.8 Å². The highest BCUT2D eigenvalue weighted by Gasteiger charge is 2.41. The third kappa shape index (κ3) is 2.11. The lowest BCUT2D eigenvalue weighted by Gasteiger charge is -2.20. The first-order chi connectivity index (χ1) is 8.55. The Morgan fingerprint density at radius 1 is 1.33 bits per heavy atom. The lowest BCUT2D eigenvalue weighted by Crippen LogP contribution is -2.27. The van der Waals surface area contributed by atoms with Gasteiger partial charge in [-0.2, -0.15) is 0 Å². The van der Waals surface area contributed by atoms with Crippen molar-refractivity contribution in [2.24, 2.45) is 0 Å². The molecule has 1 saturated carbocycles. The van der Waals surface area contributed by atoms with Gasteiger partial charge >= 0.3 is 0 Å². The number of hydrogen-bond donors (Lipinski definition) is 1. The van der Waals surface area contributed by atoms with E-state index in [1.165, 1.54) is 5.56 Å². The summed E-state index contributed by atoms with van der Waals surface area (Å²) < 4.78 is 26.5. The van der Waals surface area contributed by atoms with Crippen molar-refractivity contribution in [3.63, 3.8) is 0 Å². The maximum Gasteiger partial charge on any atom is 0.248 e. The first-order valence-corrected chi connectivity index (χ1v) is 6.50. The smallest absolute Gasteiger partial charge is 0.248 e. The van der Waals surface area contributed by atoms with Crippen molar-refractivity contribution in [1.82, 2.24) is 15.3 Å². The molecule has 98 valence electrons. The third-order valence-corrected chi connectivity index (χ3v) is 3.93. The summed E-state index contributed by atoms with van der Waals surface area (Å²) in [6.07, 6.45) is 1.30. The van der Waals surface area contributed by atoms with Crippen LogP contribution in [0.4, 0.5) is 8.78 Å². The summed E-state index contributed by atoms with van der Waals surface area (Å²) >= 11 is 0. The Morgan fingerprint density at radius 3 is 2.89 bits per heavy atom. The molecule has 0 amide bonds. The molecule has 1 fully saturated rings. The van der Waals surface area contributed by atoms with E-state index in [0.717, 1.165) is 30.9 Å². The van der Waals surface area contributed by atoms with Gasteiger partial charge in [0, 0.05) is 31.0 Å². The molecule has 1 atom stereocenters. The van der Waals surface area contributed by atoms with E-state index < -0.39 is 5.92 Å². The number of aryl methyl sites for hydroxylation is 1. The molecular weight excluding hydrogens is 236 g/mol. The highest BCUT2D eigenvalue weighted by Crippen LogP contribution is 2.43. The molecule has 1 aromatic rings. The van der Waals surface area contributed by atoms with E-state index in [1.54, 1.807) is 0 Å². The molecule has 1 N–H and O–H groups in total. The Morgan fingerprint density at radius 2 is 2.17 bits per heavy atom. The van der Waals surface area contributed by atoms with Crippen LogP contribution in [0.5, 0.6) is 0 Å². The van der Waals surface area contributed by atoms with Crippen LogP contribution in [0.25, 0.3) is 0 Å². The lowest BCUT2D eigenvalue weighted by molar-refractivity contribution is 0.00752. The minimum absolute atomic E-state index is 0.0323. The maximum absolute atomic E-state index is 13.3. The molecule has 1 aromatic heterocycles. The molecule has 0 spiro atoms. The van der Waals surface area contributed by atoms with Crippen molar-refractivity contribution < 1.29 is 8.78 Å². The molecule has 3 nitrogen and oxygen atoms in total. The molecule has 0 aromatic carbocycles. The minimum Gasteiger partial charge on any atom is -0.311 e. The summed E-state index contributed by atoms with van der Waals surface area (Å²) in [5.74, 6) is -2.09. The Bertz CT molecular complexity index is 474. The maximum atomic E-state index is 13.3. The van der Waals surface area contributed by atoms with Crippen LogP contribution in [0.3, 0.4) is 0 Å². The van der Waals surface area contributed by atoms with Gasteiger partial charge in [-0.3, -0.25) is 0 Å². The molecule has 2 heterocycles. The standard InChI is InChI=1S/C13H17F2N3/c1-8-10-3-5-16-7-11(10)18-12(17-8)9-2-4-13(14,15)6-9/h9,16H,2-7H2,1H3. The Labute approximate surface area is 105 Å². The van der Waals surface area contributed by atoms with Crippen LogP contribution in [0, 0.1) is 6.92 Å². The fourth-order valence-electron chi connectivity index (χ4n) is 2.92. The molecular formula is C13H17F2N3. The van der Waals surface area contributed by atoms with Crippen molar-refractivity contribution in [3.8, 4) is 0 Å². The second kappa shape index (κ2) is 4.23. The number of fused-ring (bicyclic) bond motifs is 1. The normalized spacial score (nSPS) is 26.1. The van der Waals surface area contributed by atoms with Gasteiger partial charge in [0.15, 0.2) is 0 Å². The van der Waals surface area contributed by atoms with Gasteiger partial charge in [0.25, 0.3) is 0 Å². The zero-order chi connectivity index (χ0) is 12.8. The van der Waals surface area contributed by atoms with Crippen LogP contribution in [0.2, 0.25) is 0 Å². The van der Waals surface area contributed by atoms with Crippen LogP contribution in [0.1, 0.15) is 48.0 Å². The molecule has 1 aliphatic carbocycles. The zero-order valence-electron chi connectivity index (χ0n) is 10.5. The van der Waals surface area contributed by atoms with Crippen molar-refractivity contribution in [2.45, 2.75) is 51.0 Å². The fraction of sp³-hybridized carbons (Fsp3) is 0.692. The molecule has 3 rings (SSSR count). The number of nitrogens with zero attached hydrogens (tertiary/aromatic N) is 2. The van der Waals surface area contributed by atoms with E-state index in [0.29, 0.717) is 12.2 Å². The molecule has 5 heteroatoms. The SMILES string of the molecule is Cc1nc(C2CCC(F)(F)C2)nc2c1CCNC2. The van der Waals surface area contributed by atoms with Crippen LogP contribution in [-0.4, -0.2) is 22.4 Å². The average Bonchev–Trinajstić information content (AvgIpc) is 2.70. The second-order valence-electron chi connectivity index (χ2n) is 5.31. The molecule has 0 saturated heterocycles. The van der Waals surface area contributed by atoms with Gasteiger partial charge in [0.2, 0.25) is 5.92 Å². The van der Waals surface area contributed by atoms with Crippen LogP contribution in [-0.2, 0) is 13.0 Å². The molecule has 0 bridgehead atoms. The Hall–Kier alpha value is -1.10.